The van der Waals surface area contributed by atoms with Crippen LogP contribution in [0.15, 0.2) is 27.5 Å². The minimum Gasteiger partial charge on any atom is -0.338 e. The van der Waals surface area contributed by atoms with Gasteiger partial charge in [-0.25, -0.2) is 4.68 Å². The molecule has 1 atom stereocenters. The first-order valence-electron chi connectivity index (χ1n) is 6.88. The number of nitrogens with zero attached hydrogens (tertiary/aromatic N) is 3. The third-order valence-corrected chi connectivity index (χ3v) is 3.46. The lowest BCUT2D eigenvalue weighted by Crippen LogP contribution is -2.33. The molecule has 0 spiro atoms. The first-order valence-corrected chi connectivity index (χ1v) is 6.88. The third kappa shape index (κ3) is 2.86. The van der Waals surface area contributed by atoms with Crippen LogP contribution in [0, 0.1) is 6.92 Å². The van der Waals surface area contributed by atoms with Gasteiger partial charge in [-0.15, -0.1) is 0 Å². The normalized spacial score (nSPS) is 15.7. The Morgan fingerprint density at radius 1 is 1.48 bits per heavy atom. The second-order valence-electron chi connectivity index (χ2n) is 5.31. The molecule has 21 heavy (non-hydrogen) atoms. The van der Waals surface area contributed by atoms with Gasteiger partial charge < -0.3 is 4.52 Å². The third-order valence-electron chi connectivity index (χ3n) is 3.46. The molecule has 3 rings (SSSR count). The Morgan fingerprint density at radius 2 is 2.24 bits per heavy atom. The van der Waals surface area contributed by atoms with Crippen LogP contribution in [0.2, 0.25) is 0 Å². The molecule has 1 amide bonds. The molecule has 0 radical (unpaired) electrons. The van der Waals surface area contributed by atoms with E-state index in [0.717, 1.165) is 18.5 Å². The molecule has 1 N–H and O–H groups in total. The highest BCUT2D eigenvalue weighted by Crippen LogP contribution is 2.38. The van der Waals surface area contributed by atoms with E-state index in [4.69, 9.17) is 4.52 Å². The summed E-state index contributed by atoms with van der Waals surface area (Å²) in [5.74, 6) is 0.313. The van der Waals surface area contributed by atoms with Gasteiger partial charge in [-0.05, 0) is 32.8 Å². The van der Waals surface area contributed by atoms with Crippen LogP contribution in [0.5, 0.6) is 0 Å². The zero-order valence-electron chi connectivity index (χ0n) is 11.9. The summed E-state index contributed by atoms with van der Waals surface area (Å²) in [6.07, 6.45) is 2.17. The maximum Gasteiger partial charge on any atom is 0.267 e. The van der Waals surface area contributed by atoms with Gasteiger partial charge in [-0.2, -0.15) is 5.10 Å². The van der Waals surface area contributed by atoms with Crippen molar-refractivity contribution >= 4 is 11.8 Å². The molecule has 0 aliphatic heterocycles. The van der Waals surface area contributed by atoms with Crippen LogP contribution in [-0.4, -0.2) is 20.8 Å². The topological polar surface area (TPSA) is 90.0 Å². The second-order valence-corrected chi connectivity index (χ2v) is 5.31. The van der Waals surface area contributed by atoms with E-state index in [-0.39, 0.29) is 17.4 Å². The van der Waals surface area contributed by atoms with Crippen molar-refractivity contribution in [2.75, 3.05) is 5.32 Å². The fourth-order valence-electron chi connectivity index (χ4n) is 2.07. The summed E-state index contributed by atoms with van der Waals surface area (Å²) in [5.41, 5.74) is 1.24. The SMILES string of the molecule is Cc1cc(NC(=O)C(C)n2nc(C3CC3)ccc2=O)on1. The Balaban J connectivity index is 1.80. The van der Waals surface area contributed by atoms with Crippen molar-refractivity contribution < 1.29 is 9.32 Å². The Kier molecular flexibility index (Phi) is 3.32. The minimum atomic E-state index is -0.721. The Hall–Kier alpha value is -2.44. The number of hydrogen-bond donors (Lipinski definition) is 1. The van der Waals surface area contributed by atoms with E-state index in [9.17, 15) is 9.59 Å². The molecule has 110 valence electrons. The average Bonchev–Trinajstić information content (AvgIpc) is 3.22. The van der Waals surface area contributed by atoms with Crippen LogP contribution >= 0.6 is 0 Å². The Labute approximate surface area is 120 Å². The number of anilines is 1. The van der Waals surface area contributed by atoms with Crippen molar-refractivity contribution in [2.45, 2.75) is 38.6 Å². The van der Waals surface area contributed by atoms with E-state index >= 15 is 0 Å². The van der Waals surface area contributed by atoms with Gasteiger partial charge in [0.1, 0.15) is 6.04 Å². The van der Waals surface area contributed by atoms with E-state index in [2.05, 4.69) is 15.6 Å². The smallest absolute Gasteiger partial charge is 0.267 e. The first-order chi connectivity index (χ1) is 10.0. The van der Waals surface area contributed by atoms with Crippen LogP contribution in [-0.2, 0) is 4.79 Å². The zero-order chi connectivity index (χ0) is 15.0. The molecule has 7 heteroatoms. The number of aryl methyl sites for hydroxylation is 1. The summed E-state index contributed by atoms with van der Waals surface area (Å²) in [6, 6.07) is 4.09. The standard InChI is InChI=1S/C14H16N4O3/c1-8-7-12(21-17-8)15-14(20)9(2)18-13(19)6-5-11(16-18)10-3-4-10/h5-7,9-10H,3-4H2,1-2H3,(H,15,20). The predicted octanol–water partition coefficient (Wildman–Crippen LogP) is 1.62. The average molecular weight is 288 g/mol. The molecular weight excluding hydrogens is 272 g/mol. The lowest BCUT2D eigenvalue weighted by Gasteiger charge is -2.13. The molecule has 1 fully saturated rings. The summed E-state index contributed by atoms with van der Waals surface area (Å²) < 4.78 is 6.15. The van der Waals surface area contributed by atoms with Crippen molar-refractivity contribution in [1.82, 2.24) is 14.9 Å². The summed E-state index contributed by atoms with van der Waals surface area (Å²) in [7, 11) is 0. The maximum atomic E-state index is 12.2. The molecule has 1 aliphatic rings. The van der Waals surface area contributed by atoms with Gasteiger partial charge in [0.2, 0.25) is 5.88 Å². The van der Waals surface area contributed by atoms with Crippen LogP contribution in [0.25, 0.3) is 0 Å². The Morgan fingerprint density at radius 3 is 2.86 bits per heavy atom. The van der Waals surface area contributed by atoms with Gasteiger partial charge in [0.05, 0.1) is 11.4 Å². The summed E-state index contributed by atoms with van der Waals surface area (Å²) in [5, 5.41) is 10.6. The summed E-state index contributed by atoms with van der Waals surface area (Å²) in [4.78, 5) is 24.1. The van der Waals surface area contributed by atoms with Gasteiger partial charge >= 0.3 is 0 Å². The van der Waals surface area contributed by atoms with Gasteiger partial charge in [0, 0.05) is 18.1 Å². The molecule has 0 bridgehead atoms. The Bertz CT molecular complexity index is 730. The van der Waals surface area contributed by atoms with Crippen molar-refractivity contribution in [3.63, 3.8) is 0 Å². The first kappa shape index (κ1) is 13.5. The van der Waals surface area contributed by atoms with Crippen LogP contribution in [0.3, 0.4) is 0 Å². The van der Waals surface area contributed by atoms with Gasteiger partial charge in [0.25, 0.3) is 11.5 Å². The van der Waals surface area contributed by atoms with E-state index in [1.165, 1.54) is 10.7 Å². The minimum absolute atomic E-state index is 0.260. The molecule has 1 saturated carbocycles. The highest BCUT2D eigenvalue weighted by atomic mass is 16.5. The summed E-state index contributed by atoms with van der Waals surface area (Å²) >= 11 is 0. The molecule has 2 aromatic heterocycles. The number of carbonyl (C=O) groups is 1. The molecule has 2 aromatic rings. The monoisotopic (exact) mass is 288 g/mol. The van der Waals surface area contributed by atoms with E-state index in [1.54, 1.807) is 26.0 Å². The fraction of sp³-hybridized carbons (Fsp3) is 0.429. The summed E-state index contributed by atoms with van der Waals surface area (Å²) in [6.45, 7) is 3.39. The predicted molar refractivity (Wildman–Crippen MR) is 75.1 cm³/mol. The molecule has 0 saturated heterocycles. The molecular formula is C14H16N4O3. The van der Waals surface area contributed by atoms with Crippen LogP contribution < -0.4 is 10.9 Å². The van der Waals surface area contributed by atoms with Gasteiger partial charge in [0.15, 0.2) is 0 Å². The number of hydrogen-bond acceptors (Lipinski definition) is 5. The fourth-order valence-corrected chi connectivity index (χ4v) is 2.07. The molecule has 7 nitrogen and oxygen atoms in total. The van der Waals surface area contributed by atoms with Crippen LogP contribution in [0.4, 0.5) is 5.88 Å². The number of rotatable bonds is 4. The number of amides is 1. The van der Waals surface area contributed by atoms with Crippen molar-refractivity contribution in [3.8, 4) is 0 Å². The number of carbonyl (C=O) groups excluding carboxylic acids is 1. The van der Waals surface area contributed by atoms with Gasteiger partial charge in [-0.1, -0.05) is 5.16 Å². The number of aromatic nitrogens is 3. The van der Waals surface area contributed by atoms with Crippen molar-refractivity contribution in [3.05, 3.63) is 39.9 Å². The lowest BCUT2D eigenvalue weighted by atomic mass is 10.2. The van der Waals surface area contributed by atoms with Crippen molar-refractivity contribution in [1.29, 1.82) is 0 Å². The largest absolute Gasteiger partial charge is 0.338 e. The second kappa shape index (κ2) is 5.16. The lowest BCUT2D eigenvalue weighted by molar-refractivity contribution is -0.119. The highest BCUT2D eigenvalue weighted by molar-refractivity contribution is 5.92. The number of nitrogens with one attached hydrogen (secondary N) is 1. The van der Waals surface area contributed by atoms with Crippen molar-refractivity contribution in [2.24, 2.45) is 0 Å². The highest BCUT2D eigenvalue weighted by Gasteiger charge is 2.27. The van der Waals surface area contributed by atoms with E-state index in [0.29, 0.717) is 11.6 Å². The van der Waals surface area contributed by atoms with Gasteiger partial charge in [-0.3, -0.25) is 14.9 Å². The molecule has 0 aromatic carbocycles. The van der Waals surface area contributed by atoms with Crippen LogP contribution in [0.1, 0.15) is 43.1 Å². The van der Waals surface area contributed by atoms with E-state index < -0.39 is 6.04 Å². The molecule has 1 unspecified atom stereocenters. The molecule has 1 aliphatic carbocycles. The molecule has 2 heterocycles. The zero-order valence-corrected chi connectivity index (χ0v) is 11.9. The quantitative estimate of drug-likeness (QED) is 0.923. The van der Waals surface area contributed by atoms with E-state index in [1.807, 2.05) is 0 Å². The maximum absolute atomic E-state index is 12.2.